The van der Waals surface area contributed by atoms with Crippen LogP contribution in [0.15, 0.2) is 46.1 Å². The first kappa shape index (κ1) is 22.7. The van der Waals surface area contributed by atoms with Gasteiger partial charge in [0.05, 0.1) is 29.3 Å². The van der Waals surface area contributed by atoms with Crippen molar-refractivity contribution in [3.05, 3.63) is 52.7 Å². The minimum absolute atomic E-state index is 0.0135. The molecule has 2 heterocycles. The Kier molecular flexibility index (Phi) is 6.28. The molecule has 0 saturated heterocycles. The fourth-order valence-corrected chi connectivity index (χ4v) is 4.06. The van der Waals surface area contributed by atoms with Crippen molar-refractivity contribution in [2.24, 2.45) is 16.0 Å². The summed E-state index contributed by atoms with van der Waals surface area (Å²) in [6.07, 6.45) is 7.76. The van der Waals surface area contributed by atoms with Gasteiger partial charge in [0.1, 0.15) is 5.17 Å². The van der Waals surface area contributed by atoms with Crippen molar-refractivity contribution in [3.8, 4) is 0 Å². The molecular weight excluding hydrogens is 424 g/mol. The number of benzene rings is 1. The third-order valence-electron chi connectivity index (χ3n) is 5.74. The Morgan fingerprint density at radius 2 is 2.09 bits per heavy atom. The molecule has 2 aliphatic heterocycles. The van der Waals surface area contributed by atoms with E-state index in [0.29, 0.717) is 29.1 Å². The number of amides is 1. The van der Waals surface area contributed by atoms with E-state index in [-0.39, 0.29) is 12.5 Å². The predicted molar refractivity (Wildman–Crippen MR) is 130 cm³/mol. The summed E-state index contributed by atoms with van der Waals surface area (Å²) < 4.78 is 0. The van der Waals surface area contributed by atoms with E-state index < -0.39 is 5.60 Å². The molecule has 0 spiro atoms. The van der Waals surface area contributed by atoms with Crippen LogP contribution < -0.4 is 5.32 Å². The quantitative estimate of drug-likeness (QED) is 0.681. The van der Waals surface area contributed by atoms with Gasteiger partial charge in [-0.2, -0.15) is 5.10 Å². The van der Waals surface area contributed by atoms with E-state index >= 15 is 0 Å². The number of allylic oxidation sites excluding steroid dienone is 3. The molecule has 32 heavy (non-hydrogen) atoms. The number of nitrogens with zero attached hydrogens (tertiary/aromatic N) is 3. The number of hydrazone groups is 1. The summed E-state index contributed by atoms with van der Waals surface area (Å²) in [6.45, 7) is 7.90. The van der Waals surface area contributed by atoms with Crippen molar-refractivity contribution >= 4 is 34.1 Å². The van der Waals surface area contributed by atoms with Crippen LogP contribution in [0.2, 0.25) is 0 Å². The number of carbonyl (C=O) groups is 1. The maximum absolute atomic E-state index is 12.6. The highest BCUT2D eigenvalue weighted by Gasteiger charge is 2.29. The standard InChI is InChI=1S/C25H31ClN4O2/c1-15-5-10-21-20(27-14-25(3,4)32)13-23(26)29-30(21)22(11-15)17-6-9-19(16(2)12-17)24(31)28-18-7-8-18/h6,9-12,15,18,32H,5,7-8,13-14H2,1-4H3,(H,28,31). The molecule has 1 amide bonds. The van der Waals surface area contributed by atoms with Crippen LogP contribution in [0.25, 0.3) is 5.70 Å². The second-order valence-electron chi connectivity index (χ2n) is 9.67. The van der Waals surface area contributed by atoms with Crippen LogP contribution in [-0.4, -0.2) is 45.1 Å². The van der Waals surface area contributed by atoms with Gasteiger partial charge >= 0.3 is 0 Å². The molecular formula is C25H31ClN4O2. The minimum atomic E-state index is -0.899. The third-order valence-corrected chi connectivity index (χ3v) is 5.94. The third kappa shape index (κ3) is 5.30. The van der Waals surface area contributed by atoms with Crippen LogP contribution in [0.5, 0.6) is 0 Å². The van der Waals surface area contributed by atoms with Crippen molar-refractivity contribution in [2.75, 3.05) is 6.54 Å². The Hall–Kier alpha value is -2.44. The lowest BCUT2D eigenvalue weighted by atomic mass is 10.00. The zero-order valence-corrected chi connectivity index (χ0v) is 19.9. The lowest BCUT2D eigenvalue weighted by Crippen LogP contribution is -2.30. The first-order chi connectivity index (χ1) is 15.1. The van der Waals surface area contributed by atoms with Gasteiger partial charge in [-0.05, 0) is 63.6 Å². The summed E-state index contributed by atoms with van der Waals surface area (Å²) in [4.78, 5) is 17.2. The van der Waals surface area contributed by atoms with E-state index in [9.17, 15) is 9.90 Å². The molecule has 0 aromatic heterocycles. The van der Waals surface area contributed by atoms with Gasteiger partial charge in [-0.3, -0.25) is 9.79 Å². The predicted octanol–water partition coefficient (Wildman–Crippen LogP) is 4.62. The molecule has 3 aliphatic rings. The number of aliphatic hydroxyl groups is 1. The van der Waals surface area contributed by atoms with Crippen molar-refractivity contribution in [2.45, 2.75) is 65.0 Å². The summed E-state index contributed by atoms with van der Waals surface area (Å²) >= 11 is 6.43. The van der Waals surface area contributed by atoms with Crippen LogP contribution in [-0.2, 0) is 0 Å². The molecule has 170 valence electrons. The molecule has 4 rings (SSSR count). The monoisotopic (exact) mass is 454 g/mol. The highest BCUT2D eigenvalue weighted by atomic mass is 35.5. The molecule has 1 aromatic carbocycles. The number of aryl methyl sites for hydroxylation is 1. The smallest absolute Gasteiger partial charge is 0.251 e. The second kappa shape index (κ2) is 8.83. The van der Waals surface area contributed by atoms with Gasteiger partial charge in [-0.1, -0.05) is 36.7 Å². The van der Waals surface area contributed by atoms with Crippen LogP contribution in [0, 0.1) is 12.8 Å². The largest absolute Gasteiger partial charge is 0.389 e. The van der Waals surface area contributed by atoms with E-state index in [1.165, 1.54) is 0 Å². The highest BCUT2D eigenvalue weighted by Crippen LogP contribution is 2.35. The van der Waals surface area contributed by atoms with Gasteiger partial charge < -0.3 is 10.4 Å². The lowest BCUT2D eigenvalue weighted by Gasteiger charge is -2.30. The summed E-state index contributed by atoms with van der Waals surface area (Å²) in [5, 5.41) is 20.2. The van der Waals surface area contributed by atoms with Gasteiger partial charge in [0.15, 0.2) is 0 Å². The van der Waals surface area contributed by atoms with Crippen molar-refractivity contribution in [1.29, 1.82) is 0 Å². The number of fused-ring (bicyclic) bond motifs is 1. The topological polar surface area (TPSA) is 77.3 Å². The van der Waals surface area contributed by atoms with Gasteiger partial charge in [0, 0.05) is 23.6 Å². The van der Waals surface area contributed by atoms with Crippen molar-refractivity contribution in [1.82, 2.24) is 10.3 Å². The molecule has 1 aromatic rings. The molecule has 7 heteroatoms. The molecule has 0 radical (unpaired) electrons. The number of hydrogen-bond acceptors (Lipinski definition) is 5. The van der Waals surface area contributed by atoms with E-state index in [0.717, 1.165) is 47.5 Å². The number of hydrogen-bond donors (Lipinski definition) is 2. The molecule has 1 aliphatic carbocycles. The number of nitrogens with one attached hydrogen (secondary N) is 1. The Balaban J connectivity index is 1.69. The number of aliphatic imine (C=N–C) groups is 1. The van der Waals surface area contributed by atoms with E-state index in [4.69, 9.17) is 11.6 Å². The summed E-state index contributed by atoms with van der Waals surface area (Å²) in [7, 11) is 0. The zero-order chi connectivity index (χ0) is 23.0. The first-order valence-corrected chi connectivity index (χ1v) is 11.6. The van der Waals surface area contributed by atoms with Crippen molar-refractivity contribution in [3.63, 3.8) is 0 Å². The van der Waals surface area contributed by atoms with Gasteiger partial charge in [-0.25, -0.2) is 5.01 Å². The second-order valence-corrected chi connectivity index (χ2v) is 10.1. The molecule has 0 bridgehead atoms. The van der Waals surface area contributed by atoms with Gasteiger partial charge in [-0.15, -0.1) is 0 Å². The van der Waals surface area contributed by atoms with E-state index in [1.807, 2.05) is 30.1 Å². The summed E-state index contributed by atoms with van der Waals surface area (Å²) in [5.74, 6) is 0.284. The highest BCUT2D eigenvalue weighted by molar-refractivity contribution is 6.67. The Morgan fingerprint density at radius 1 is 1.34 bits per heavy atom. The average molecular weight is 455 g/mol. The fraction of sp³-hybridized carbons (Fsp3) is 0.480. The molecule has 1 fully saturated rings. The van der Waals surface area contributed by atoms with Crippen LogP contribution >= 0.6 is 11.6 Å². The van der Waals surface area contributed by atoms with Crippen LogP contribution in [0.4, 0.5) is 0 Å². The van der Waals surface area contributed by atoms with Crippen LogP contribution in [0.3, 0.4) is 0 Å². The number of rotatable bonds is 5. The maximum atomic E-state index is 12.6. The molecule has 2 N–H and O–H groups in total. The molecule has 6 nitrogen and oxygen atoms in total. The zero-order valence-electron chi connectivity index (χ0n) is 19.2. The lowest BCUT2D eigenvalue weighted by molar-refractivity contribution is 0.0903. The van der Waals surface area contributed by atoms with Gasteiger partial charge in [0.25, 0.3) is 5.91 Å². The Labute approximate surface area is 194 Å². The normalized spacial score (nSPS) is 22.6. The Morgan fingerprint density at radius 3 is 2.75 bits per heavy atom. The average Bonchev–Trinajstić information content (AvgIpc) is 3.53. The maximum Gasteiger partial charge on any atom is 0.251 e. The first-order valence-electron chi connectivity index (χ1n) is 11.2. The number of carbonyl (C=O) groups excluding carboxylic acids is 1. The van der Waals surface area contributed by atoms with Crippen LogP contribution in [0.1, 0.15) is 67.9 Å². The molecule has 1 unspecified atom stereocenters. The number of halogens is 1. The molecule has 1 saturated carbocycles. The van der Waals surface area contributed by atoms with E-state index in [1.54, 1.807) is 13.8 Å². The van der Waals surface area contributed by atoms with Crippen molar-refractivity contribution < 1.29 is 9.90 Å². The summed E-state index contributed by atoms with van der Waals surface area (Å²) in [6, 6.07) is 6.23. The summed E-state index contributed by atoms with van der Waals surface area (Å²) in [5.41, 5.74) is 4.35. The molecule has 1 atom stereocenters. The Bertz CT molecular complexity index is 1040. The SMILES string of the molecule is Cc1cc(C2=CC(C)CC=C3C(=NCC(C)(C)O)CC(Cl)=NN32)ccc1C(=O)NC1CC1. The van der Waals surface area contributed by atoms with E-state index in [2.05, 4.69) is 34.5 Å². The van der Waals surface area contributed by atoms with Gasteiger partial charge in [0.2, 0.25) is 0 Å². The fourth-order valence-electron chi connectivity index (χ4n) is 3.86. The minimum Gasteiger partial charge on any atom is -0.389 e.